The molecule has 0 aliphatic heterocycles. The first-order valence-electron chi connectivity index (χ1n) is 6.03. The number of nitrogens with zero attached hydrogens (tertiary/aromatic N) is 2. The molecular formula is C13H19ClN2. The Labute approximate surface area is 103 Å². The van der Waals surface area contributed by atoms with E-state index in [1.807, 2.05) is 0 Å². The molecule has 1 aromatic rings. The van der Waals surface area contributed by atoms with Gasteiger partial charge in [-0.25, -0.2) is 4.98 Å². The molecule has 0 bridgehead atoms. The minimum absolute atomic E-state index is 0.450. The molecule has 1 aliphatic carbocycles. The molecule has 0 N–H and O–H groups in total. The van der Waals surface area contributed by atoms with Crippen molar-refractivity contribution < 1.29 is 0 Å². The fourth-order valence-corrected chi connectivity index (χ4v) is 2.48. The number of halogens is 1. The van der Waals surface area contributed by atoms with Gasteiger partial charge >= 0.3 is 0 Å². The molecule has 1 aliphatic rings. The van der Waals surface area contributed by atoms with E-state index in [1.165, 1.54) is 24.1 Å². The van der Waals surface area contributed by atoms with Gasteiger partial charge < -0.3 is 4.90 Å². The van der Waals surface area contributed by atoms with E-state index in [0.29, 0.717) is 11.9 Å². The first-order chi connectivity index (χ1) is 7.72. The van der Waals surface area contributed by atoms with Crippen LogP contribution in [0.15, 0.2) is 12.1 Å². The SMILES string of the molecule is CC(C)N(CCCl)c1ccc2c(n1)CCC2. The van der Waals surface area contributed by atoms with E-state index >= 15 is 0 Å². The van der Waals surface area contributed by atoms with E-state index < -0.39 is 0 Å². The van der Waals surface area contributed by atoms with Crippen molar-refractivity contribution in [2.24, 2.45) is 0 Å². The lowest BCUT2D eigenvalue weighted by molar-refractivity contribution is 0.693. The average Bonchev–Trinajstić information content (AvgIpc) is 2.72. The van der Waals surface area contributed by atoms with Gasteiger partial charge in [-0.05, 0) is 44.7 Å². The lowest BCUT2D eigenvalue weighted by Gasteiger charge is -2.27. The van der Waals surface area contributed by atoms with Crippen LogP contribution in [0.1, 0.15) is 31.5 Å². The van der Waals surface area contributed by atoms with Gasteiger partial charge in [0.25, 0.3) is 0 Å². The van der Waals surface area contributed by atoms with Crippen molar-refractivity contribution in [2.45, 2.75) is 39.2 Å². The molecule has 16 heavy (non-hydrogen) atoms. The van der Waals surface area contributed by atoms with Crippen molar-refractivity contribution in [3.63, 3.8) is 0 Å². The molecule has 0 saturated carbocycles. The highest BCUT2D eigenvalue weighted by atomic mass is 35.5. The molecule has 0 atom stereocenters. The van der Waals surface area contributed by atoms with Crippen LogP contribution >= 0.6 is 11.6 Å². The molecule has 0 saturated heterocycles. The summed E-state index contributed by atoms with van der Waals surface area (Å²) in [6.07, 6.45) is 3.58. The van der Waals surface area contributed by atoms with Crippen molar-refractivity contribution in [1.29, 1.82) is 0 Å². The summed E-state index contributed by atoms with van der Waals surface area (Å²) in [5.41, 5.74) is 2.72. The summed E-state index contributed by atoms with van der Waals surface area (Å²) in [6, 6.07) is 4.82. The normalized spacial score (nSPS) is 14.2. The maximum absolute atomic E-state index is 5.84. The number of hydrogen-bond donors (Lipinski definition) is 0. The lowest BCUT2D eigenvalue weighted by Crippen LogP contribution is -2.33. The molecule has 1 heterocycles. The van der Waals surface area contributed by atoms with Crippen LogP contribution in [0.4, 0.5) is 5.82 Å². The van der Waals surface area contributed by atoms with Gasteiger partial charge in [0.1, 0.15) is 5.82 Å². The maximum Gasteiger partial charge on any atom is 0.129 e. The average molecular weight is 239 g/mol. The summed E-state index contributed by atoms with van der Waals surface area (Å²) in [5.74, 6) is 1.73. The summed E-state index contributed by atoms with van der Waals surface area (Å²) in [4.78, 5) is 7.03. The monoisotopic (exact) mass is 238 g/mol. The first kappa shape index (κ1) is 11.7. The van der Waals surface area contributed by atoms with E-state index in [9.17, 15) is 0 Å². The molecule has 0 aromatic carbocycles. The third-order valence-electron chi connectivity index (χ3n) is 3.16. The summed E-state index contributed by atoms with van der Waals surface area (Å²) < 4.78 is 0. The Morgan fingerprint density at radius 2 is 2.19 bits per heavy atom. The highest BCUT2D eigenvalue weighted by molar-refractivity contribution is 6.18. The number of pyridine rings is 1. The highest BCUT2D eigenvalue weighted by Gasteiger charge is 2.16. The second-order valence-electron chi connectivity index (χ2n) is 4.60. The van der Waals surface area contributed by atoms with E-state index in [-0.39, 0.29) is 0 Å². The Hall–Kier alpha value is -0.760. The van der Waals surface area contributed by atoms with Gasteiger partial charge in [0.2, 0.25) is 0 Å². The molecule has 88 valence electrons. The second kappa shape index (κ2) is 5.05. The molecule has 2 nitrogen and oxygen atoms in total. The smallest absolute Gasteiger partial charge is 0.129 e. The molecular weight excluding hydrogens is 220 g/mol. The van der Waals surface area contributed by atoms with Crippen LogP contribution in [-0.2, 0) is 12.8 Å². The molecule has 0 fully saturated rings. The Morgan fingerprint density at radius 3 is 2.88 bits per heavy atom. The van der Waals surface area contributed by atoms with Gasteiger partial charge in [-0.2, -0.15) is 0 Å². The van der Waals surface area contributed by atoms with Crippen LogP contribution in [0.25, 0.3) is 0 Å². The van der Waals surface area contributed by atoms with Crippen LogP contribution in [0.3, 0.4) is 0 Å². The van der Waals surface area contributed by atoms with Crippen molar-refractivity contribution in [1.82, 2.24) is 4.98 Å². The number of hydrogen-bond acceptors (Lipinski definition) is 2. The third kappa shape index (κ3) is 2.32. The van der Waals surface area contributed by atoms with Crippen molar-refractivity contribution >= 4 is 17.4 Å². The Bertz CT molecular complexity index is 363. The Balaban J connectivity index is 2.24. The molecule has 0 unspecified atom stereocenters. The highest BCUT2D eigenvalue weighted by Crippen LogP contribution is 2.24. The number of fused-ring (bicyclic) bond motifs is 1. The second-order valence-corrected chi connectivity index (χ2v) is 4.98. The summed E-state index contributed by atoms with van der Waals surface area (Å²) in [7, 11) is 0. The number of aryl methyl sites for hydroxylation is 2. The predicted octanol–water partition coefficient (Wildman–Crippen LogP) is 3.02. The molecule has 0 amide bonds. The van der Waals surface area contributed by atoms with Gasteiger partial charge in [0.05, 0.1) is 0 Å². The summed E-state index contributed by atoms with van der Waals surface area (Å²) in [6.45, 7) is 5.23. The van der Waals surface area contributed by atoms with Crippen LogP contribution < -0.4 is 4.90 Å². The summed E-state index contributed by atoms with van der Waals surface area (Å²) in [5, 5.41) is 0. The predicted molar refractivity (Wildman–Crippen MR) is 69.5 cm³/mol. The first-order valence-corrected chi connectivity index (χ1v) is 6.57. The lowest BCUT2D eigenvalue weighted by atomic mass is 10.2. The van der Waals surface area contributed by atoms with Gasteiger partial charge in [0, 0.05) is 24.2 Å². The van der Waals surface area contributed by atoms with Crippen molar-refractivity contribution in [3.05, 3.63) is 23.4 Å². The molecule has 0 radical (unpaired) electrons. The Morgan fingerprint density at radius 1 is 1.38 bits per heavy atom. The maximum atomic E-state index is 5.84. The fraction of sp³-hybridized carbons (Fsp3) is 0.615. The number of alkyl halides is 1. The Kier molecular flexibility index (Phi) is 3.70. The van der Waals surface area contributed by atoms with Gasteiger partial charge in [-0.1, -0.05) is 6.07 Å². The third-order valence-corrected chi connectivity index (χ3v) is 3.33. The van der Waals surface area contributed by atoms with Gasteiger partial charge in [-0.15, -0.1) is 11.6 Å². The van der Waals surface area contributed by atoms with Crippen LogP contribution in [0.2, 0.25) is 0 Å². The zero-order chi connectivity index (χ0) is 11.5. The number of rotatable bonds is 4. The number of anilines is 1. The molecule has 0 spiro atoms. The van der Waals surface area contributed by atoms with Crippen molar-refractivity contribution in [3.8, 4) is 0 Å². The van der Waals surface area contributed by atoms with E-state index in [2.05, 4.69) is 30.9 Å². The van der Waals surface area contributed by atoms with Crippen molar-refractivity contribution in [2.75, 3.05) is 17.3 Å². The summed E-state index contributed by atoms with van der Waals surface area (Å²) >= 11 is 5.84. The van der Waals surface area contributed by atoms with Gasteiger partial charge in [-0.3, -0.25) is 0 Å². The van der Waals surface area contributed by atoms with Crippen LogP contribution in [0, 0.1) is 0 Å². The zero-order valence-electron chi connectivity index (χ0n) is 10.0. The topological polar surface area (TPSA) is 16.1 Å². The molecule has 2 rings (SSSR count). The van der Waals surface area contributed by atoms with E-state index in [0.717, 1.165) is 18.8 Å². The van der Waals surface area contributed by atoms with Crippen LogP contribution in [-0.4, -0.2) is 23.5 Å². The van der Waals surface area contributed by atoms with E-state index in [4.69, 9.17) is 16.6 Å². The molecule has 1 aromatic heterocycles. The minimum atomic E-state index is 0.450. The minimum Gasteiger partial charge on any atom is -0.353 e. The van der Waals surface area contributed by atoms with Gasteiger partial charge in [0.15, 0.2) is 0 Å². The largest absolute Gasteiger partial charge is 0.353 e. The van der Waals surface area contributed by atoms with Crippen LogP contribution in [0.5, 0.6) is 0 Å². The standard InChI is InChI=1S/C13H19ClN2/c1-10(2)16(9-8-14)13-7-6-11-4-3-5-12(11)15-13/h6-7,10H,3-5,8-9H2,1-2H3. The molecule has 3 heteroatoms. The zero-order valence-corrected chi connectivity index (χ0v) is 10.8. The number of aromatic nitrogens is 1. The quantitative estimate of drug-likeness (QED) is 0.750. The fourth-order valence-electron chi connectivity index (χ4n) is 2.30. The van der Waals surface area contributed by atoms with E-state index in [1.54, 1.807) is 0 Å².